The molecular weight excluding hydrogens is 250 g/mol. The summed E-state index contributed by atoms with van der Waals surface area (Å²) in [6.45, 7) is 6.94. The number of carbonyl (C=O) groups is 2. The molecule has 6 nitrogen and oxygen atoms in total. The number of ether oxygens (including phenoxy) is 1. The Morgan fingerprint density at radius 2 is 1.79 bits per heavy atom. The molecule has 0 radical (unpaired) electrons. The van der Waals surface area contributed by atoms with Crippen molar-refractivity contribution in [2.24, 2.45) is 5.73 Å². The summed E-state index contributed by atoms with van der Waals surface area (Å²) in [7, 11) is 0. The molecule has 1 rings (SSSR count). The number of hydrogen-bond donors (Lipinski definition) is 3. The van der Waals surface area contributed by atoms with Crippen LogP contribution in [-0.2, 0) is 4.74 Å². The van der Waals surface area contributed by atoms with E-state index in [-0.39, 0.29) is 11.3 Å². The smallest absolute Gasteiger partial charge is 0.405 e. The summed E-state index contributed by atoms with van der Waals surface area (Å²) >= 11 is 0. The van der Waals surface area contributed by atoms with Gasteiger partial charge in [0.15, 0.2) is 0 Å². The standard InChI is InChI=1S/C8H8O3.C5H11NO2/c1-5-3-2-4-6(7(5)9)8(10)11;1-5(2,3)8-4(6)7/h2-4,9H,1H3,(H,10,11);1-3H3,(H2,6,7). The van der Waals surface area contributed by atoms with Crippen molar-refractivity contribution in [3.8, 4) is 5.75 Å². The summed E-state index contributed by atoms with van der Waals surface area (Å²) in [5, 5.41) is 17.7. The van der Waals surface area contributed by atoms with E-state index in [0.717, 1.165) is 0 Å². The Balaban J connectivity index is 0.000000362. The van der Waals surface area contributed by atoms with Gasteiger partial charge in [-0.25, -0.2) is 9.59 Å². The van der Waals surface area contributed by atoms with Gasteiger partial charge in [-0.1, -0.05) is 12.1 Å². The molecule has 0 aliphatic rings. The zero-order valence-corrected chi connectivity index (χ0v) is 11.4. The molecule has 0 saturated heterocycles. The average Bonchev–Trinajstić information content (AvgIpc) is 2.18. The van der Waals surface area contributed by atoms with Crippen molar-refractivity contribution in [2.45, 2.75) is 33.3 Å². The fourth-order valence-corrected chi connectivity index (χ4v) is 1.13. The van der Waals surface area contributed by atoms with Gasteiger partial charge in [0.05, 0.1) is 0 Å². The number of carboxylic acids is 1. The highest BCUT2D eigenvalue weighted by molar-refractivity contribution is 5.91. The third kappa shape index (κ3) is 6.92. The molecule has 0 aliphatic carbocycles. The van der Waals surface area contributed by atoms with Gasteiger partial charge in [-0.15, -0.1) is 0 Å². The fourth-order valence-electron chi connectivity index (χ4n) is 1.13. The van der Waals surface area contributed by atoms with Gasteiger partial charge in [0, 0.05) is 0 Å². The Kier molecular flexibility index (Phi) is 5.85. The molecule has 0 bridgehead atoms. The van der Waals surface area contributed by atoms with Gasteiger partial charge in [0.1, 0.15) is 16.9 Å². The Hall–Kier alpha value is -2.24. The summed E-state index contributed by atoms with van der Waals surface area (Å²) in [5.74, 6) is -1.26. The van der Waals surface area contributed by atoms with Crippen molar-refractivity contribution < 1.29 is 24.5 Å². The highest BCUT2D eigenvalue weighted by Crippen LogP contribution is 2.20. The highest BCUT2D eigenvalue weighted by Gasteiger charge is 2.12. The van der Waals surface area contributed by atoms with E-state index in [1.807, 2.05) is 0 Å². The molecular formula is C13H19NO5. The zero-order chi connectivity index (χ0) is 15.2. The van der Waals surface area contributed by atoms with Crippen LogP contribution in [0.1, 0.15) is 36.7 Å². The van der Waals surface area contributed by atoms with Crippen LogP contribution in [0.15, 0.2) is 18.2 Å². The van der Waals surface area contributed by atoms with Crippen molar-refractivity contribution in [3.05, 3.63) is 29.3 Å². The number of aromatic hydroxyl groups is 1. The normalized spacial score (nSPS) is 10.1. The lowest BCUT2D eigenvalue weighted by Gasteiger charge is -2.16. The maximum atomic E-state index is 10.4. The van der Waals surface area contributed by atoms with Crippen LogP contribution in [0.2, 0.25) is 0 Å². The van der Waals surface area contributed by atoms with Gasteiger partial charge < -0.3 is 20.7 Å². The second-order valence-electron chi connectivity index (χ2n) is 4.81. The summed E-state index contributed by atoms with van der Waals surface area (Å²) in [6.07, 6.45) is -0.725. The first-order valence-corrected chi connectivity index (χ1v) is 5.55. The number of amides is 1. The lowest BCUT2D eigenvalue weighted by atomic mass is 10.1. The van der Waals surface area contributed by atoms with E-state index < -0.39 is 17.7 Å². The molecule has 19 heavy (non-hydrogen) atoms. The molecule has 1 aromatic carbocycles. The largest absolute Gasteiger partial charge is 0.507 e. The molecule has 0 unspecified atom stereocenters. The Morgan fingerprint density at radius 1 is 1.26 bits per heavy atom. The third-order valence-corrected chi connectivity index (χ3v) is 1.87. The second kappa shape index (κ2) is 6.63. The molecule has 1 aromatic rings. The van der Waals surface area contributed by atoms with Crippen molar-refractivity contribution in [1.82, 2.24) is 0 Å². The molecule has 106 valence electrons. The number of carbonyl (C=O) groups excluding carboxylic acids is 1. The maximum Gasteiger partial charge on any atom is 0.405 e. The average molecular weight is 269 g/mol. The number of rotatable bonds is 1. The predicted molar refractivity (Wildman–Crippen MR) is 70.2 cm³/mol. The van der Waals surface area contributed by atoms with E-state index in [0.29, 0.717) is 5.56 Å². The molecule has 4 N–H and O–H groups in total. The van der Waals surface area contributed by atoms with Crippen molar-refractivity contribution in [2.75, 3.05) is 0 Å². The molecule has 0 aromatic heterocycles. The van der Waals surface area contributed by atoms with E-state index in [1.165, 1.54) is 6.07 Å². The van der Waals surface area contributed by atoms with Crippen LogP contribution >= 0.6 is 0 Å². The van der Waals surface area contributed by atoms with E-state index >= 15 is 0 Å². The quantitative estimate of drug-likeness (QED) is 0.724. The minimum absolute atomic E-state index is 0.0509. The molecule has 0 spiro atoms. The molecule has 1 amide bonds. The fraction of sp³-hybridized carbons (Fsp3) is 0.385. The van der Waals surface area contributed by atoms with E-state index in [2.05, 4.69) is 4.74 Å². The van der Waals surface area contributed by atoms with Crippen LogP contribution in [-0.4, -0.2) is 27.9 Å². The molecule has 0 saturated carbocycles. The Labute approximate surface area is 111 Å². The van der Waals surface area contributed by atoms with Crippen LogP contribution < -0.4 is 5.73 Å². The predicted octanol–water partition coefficient (Wildman–Crippen LogP) is 2.28. The first-order valence-electron chi connectivity index (χ1n) is 5.55. The topological polar surface area (TPSA) is 110 Å². The number of carboxylic acid groups (broad SMARTS) is 1. The summed E-state index contributed by atoms with van der Waals surface area (Å²) in [5.41, 5.74) is 4.79. The Morgan fingerprint density at radius 3 is 2.05 bits per heavy atom. The van der Waals surface area contributed by atoms with Crippen LogP contribution in [0.3, 0.4) is 0 Å². The van der Waals surface area contributed by atoms with E-state index in [4.69, 9.17) is 10.8 Å². The number of para-hydroxylation sites is 1. The molecule has 0 atom stereocenters. The lowest BCUT2D eigenvalue weighted by molar-refractivity contribution is 0.0598. The first-order chi connectivity index (χ1) is 8.54. The van der Waals surface area contributed by atoms with Crippen LogP contribution in [0.4, 0.5) is 4.79 Å². The van der Waals surface area contributed by atoms with Crippen LogP contribution in [0.25, 0.3) is 0 Å². The second-order valence-corrected chi connectivity index (χ2v) is 4.81. The number of phenols is 1. The van der Waals surface area contributed by atoms with Gasteiger partial charge >= 0.3 is 12.1 Å². The minimum Gasteiger partial charge on any atom is -0.507 e. The third-order valence-electron chi connectivity index (χ3n) is 1.87. The summed E-state index contributed by atoms with van der Waals surface area (Å²) < 4.78 is 4.58. The summed E-state index contributed by atoms with van der Waals surface area (Å²) in [4.78, 5) is 20.4. The number of primary amides is 1. The lowest BCUT2D eigenvalue weighted by Crippen LogP contribution is -2.27. The molecule has 6 heteroatoms. The number of aryl methyl sites for hydroxylation is 1. The summed E-state index contributed by atoms with van der Waals surface area (Å²) in [6, 6.07) is 4.62. The molecule has 0 aliphatic heterocycles. The van der Waals surface area contributed by atoms with Gasteiger partial charge in [-0.3, -0.25) is 0 Å². The van der Waals surface area contributed by atoms with Gasteiger partial charge in [-0.2, -0.15) is 0 Å². The molecule has 0 heterocycles. The van der Waals surface area contributed by atoms with Crippen LogP contribution in [0, 0.1) is 6.92 Å². The zero-order valence-electron chi connectivity index (χ0n) is 11.4. The van der Waals surface area contributed by atoms with Gasteiger partial charge in [0.25, 0.3) is 0 Å². The number of benzene rings is 1. The number of aromatic carboxylic acids is 1. The van der Waals surface area contributed by atoms with E-state index in [9.17, 15) is 14.7 Å². The number of nitrogens with two attached hydrogens (primary N) is 1. The van der Waals surface area contributed by atoms with Gasteiger partial charge in [-0.05, 0) is 39.3 Å². The number of hydrogen-bond acceptors (Lipinski definition) is 4. The van der Waals surface area contributed by atoms with Crippen molar-refractivity contribution in [3.63, 3.8) is 0 Å². The van der Waals surface area contributed by atoms with Crippen molar-refractivity contribution >= 4 is 12.1 Å². The van der Waals surface area contributed by atoms with E-state index in [1.54, 1.807) is 39.8 Å². The van der Waals surface area contributed by atoms with Gasteiger partial charge in [0.2, 0.25) is 0 Å². The molecule has 0 fully saturated rings. The minimum atomic E-state index is -1.11. The van der Waals surface area contributed by atoms with Crippen molar-refractivity contribution in [1.29, 1.82) is 0 Å². The monoisotopic (exact) mass is 269 g/mol. The first kappa shape index (κ1) is 16.8. The maximum absolute atomic E-state index is 10.4. The Bertz CT molecular complexity index is 463. The highest BCUT2D eigenvalue weighted by atomic mass is 16.6. The SMILES string of the molecule is CC(C)(C)OC(N)=O.Cc1cccc(C(=O)O)c1O. The van der Waals surface area contributed by atoms with Crippen LogP contribution in [0.5, 0.6) is 5.75 Å².